The molecule has 1 heterocycles. The van der Waals surface area contributed by atoms with E-state index in [9.17, 15) is 8.78 Å². The van der Waals surface area contributed by atoms with Crippen molar-refractivity contribution in [3.05, 3.63) is 35.9 Å². The second-order valence-corrected chi connectivity index (χ2v) is 3.76. The van der Waals surface area contributed by atoms with Crippen molar-refractivity contribution >= 4 is 0 Å². The molecule has 0 amide bonds. The van der Waals surface area contributed by atoms with Crippen molar-refractivity contribution in [1.29, 1.82) is 5.26 Å². The third-order valence-electron chi connectivity index (χ3n) is 2.51. The summed E-state index contributed by atoms with van der Waals surface area (Å²) in [7, 11) is 1.36. The Hall–Kier alpha value is -2.69. The van der Waals surface area contributed by atoms with Crippen molar-refractivity contribution in [2.24, 2.45) is 0 Å². The van der Waals surface area contributed by atoms with Crippen LogP contribution < -0.4 is 9.47 Å². The number of hydrogen-bond acceptors (Lipinski definition) is 5. The van der Waals surface area contributed by atoms with Gasteiger partial charge in [-0.15, -0.1) is 10.2 Å². The number of nitrogens with zero attached hydrogens (tertiary/aromatic N) is 4. The molecular formula is C12H10F2N4O2. The number of hydrogen-bond donors (Lipinski definition) is 0. The van der Waals surface area contributed by atoms with Gasteiger partial charge >= 0.3 is 6.61 Å². The molecule has 1 aromatic carbocycles. The first kappa shape index (κ1) is 13.7. The van der Waals surface area contributed by atoms with Crippen molar-refractivity contribution < 1.29 is 18.3 Å². The van der Waals surface area contributed by atoms with Crippen LogP contribution >= 0.6 is 0 Å². The van der Waals surface area contributed by atoms with Crippen LogP contribution in [0, 0.1) is 11.3 Å². The Morgan fingerprint density at radius 1 is 1.40 bits per heavy atom. The summed E-state index contributed by atoms with van der Waals surface area (Å²) in [5.74, 6) is 0.307. The average molecular weight is 280 g/mol. The van der Waals surface area contributed by atoms with E-state index in [0.717, 1.165) is 5.56 Å². The molecule has 0 radical (unpaired) electrons. The highest BCUT2D eigenvalue weighted by Gasteiger charge is 2.12. The van der Waals surface area contributed by atoms with E-state index in [1.54, 1.807) is 12.1 Å². The zero-order valence-corrected chi connectivity index (χ0v) is 10.5. The van der Waals surface area contributed by atoms with E-state index in [1.807, 2.05) is 6.07 Å². The highest BCUT2D eigenvalue weighted by atomic mass is 19.3. The van der Waals surface area contributed by atoms with Gasteiger partial charge in [-0.3, -0.25) is 0 Å². The number of halogens is 2. The minimum Gasteiger partial charge on any atom is -0.493 e. The molecule has 20 heavy (non-hydrogen) atoms. The van der Waals surface area contributed by atoms with Gasteiger partial charge in [0, 0.05) is 0 Å². The van der Waals surface area contributed by atoms with Crippen LogP contribution in [-0.2, 0) is 6.54 Å². The molecule has 0 N–H and O–H groups in total. The summed E-state index contributed by atoms with van der Waals surface area (Å²) in [5.41, 5.74) is 0.736. The van der Waals surface area contributed by atoms with Gasteiger partial charge < -0.3 is 14.0 Å². The minimum atomic E-state index is -2.92. The highest BCUT2D eigenvalue weighted by Crippen LogP contribution is 2.29. The molecule has 0 saturated heterocycles. The summed E-state index contributed by atoms with van der Waals surface area (Å²) < 4.78 is 35.3. The zero-order valence-electron chi connectivity index (χ0n) is 10.5. The largest absolute Gasteiger partial charge is 0.493 e. The molecule has 8 heteroatoms. The lowest BCUT2D eigenvalue weighted by molar-refractivity contribution is -0.0512. The maximum Gasteiger partial charge on any atom is 0.387 e. The Labute approximate surface area is 113 Å². The maximum absolute atomic E-state index is 12.2. The summed E-state index contributed by atoms with van der Waals surface area (Å²) in [6.07, 6.45) is 1.41. The summed E-state index contributed by atoms with van der Waals surface area (Å²) in [6, 6.07) is 6.43. The summed E-state index contributed by atoms with van der Waals surface area (Å²) in [4.78, 5) is 0. The van der Waals surface area contributed by atoms with Crippen molar-refractivity contribution in [3.8, 4) is 17.6 Å². The molecule has 0 spiro atoms. The van der Waals surface area contributed by atoms with Gasteiger partial charge in [-0.25, -0.2) is 0 Å². The number of benzene rings is 1. The Balaban J connectivity index is 2.24. The fourth-order valence-corrected chi connectivity index (χ4v) is 1.66. The highest BCUT2D eigenvalue weighted by molar-refractivity contribution is 5.43. The van der Waals surface area contributed by atoms with Crippen LogP contribution in [0.25, 0.3) is 0 Å². The van der Waals surface area contributed by atoms with Crippen LogP contribution in [-0.4, -0.2) is 28.5 Å². The average Bonchev–Trinajstić information content (AvgIpc) is 2.87. The van der Waals surface area contributed by atoms with E-state index in [-0.39, 0.29) is 17.3 Å². The zero-order chi connectivity index (χ0) is 14.5. The molecule has 2 aromatic rings. The number of ether oxygens (including phenoxy) is 2. The first-order valence-corrected chi connectivity index (χ1v) is 5.53. The predicted octanol–water partition coefficient (Wildman–Crippen LogP) is 1.81. The molecule has 0 fully saturated rings. The lowest BCUT2D eigenvalue weighted by Gasteiger charge is -2.11. The van der Waals surface area contributed by atoms with E-state index in [0.29, 0.717) is 6.54 Å². The number of nitriles is 1. The van der Waals surface area contributed by atoms with Gasteiger partial charge in [-0.05, 0) is 17.7 Å². The molecule has 2 rings (SSSR count). The van der Waals surface area contributed by atoms with Crippen LogP contribution in [0.5, 0.6) is 11.5 Å². The van der Waals surface area contributed by atoms with E-state index in [2.05, 4.69) is 14.9 Å². The van der Waals surface area contributed by atoms with Crippen LogP contribution in [0.4, 0.5) is 8.78 Å². The van der Waals surface area contributed by atoms with Crippen molar-refractivity contribution in [3.63, 3.8) is 0 Å². The lowest BCUT2D eigenvalue weighted by atomic mass is 10.2. The molecular weight excluding hydrogens is 270 g/mol. The SMILES string of the molecule is COc1cc(Cn2cnnc2C#N)ccc1OC(F)F. The van der Waals surface area contributed by atoms with Crippen molar-refractivity contribution in [2.75, 3.05) is 7.11 Å². The molecule has 0 aliphatic heterocycles. The second-order valence-electron chi connectivity index (χ2n) is 3.76. The smallest absolute Gasteiger partial charge is 0.387 e. The third kappa shape index (κ3) is 3.00. The molecule has 0 aliphatic carbocycles. The van der Waals surface area contributed by atoms with Gasteiger partial charge in [0.05, 0.1) is 13.7 Å². The first-order chi connectivity index (χ1) is 9.63. The van der Waals surface area contributed by atoms with Crippen LogP contribution in [0.1, 0.15) is 11.4 Å². The Kier molecular flexibility index (Phi) is 4.10. The monoisotopic (exact) mass is 280 g/mol. The summed E-state index contributed by atoms with van der Waals surface area (Å²) in [6.45, 7) is -2.60. The normalized spacial score (nSPS) is 10.3. The lowest BCUT2D eigenvalue weighted by Crippen LogP contribution is -2.05. The molecule has 104 valence electrons. The second kappa shape index (κ2) is 5.97. The first-order valence-electron chi connectivity index (χ1n) is 5.53. The fourth-order valence-electron chi connectivity index (χ4n) is 1.66. The van der Waals surface area contributed by atoms with E-state index < -0.39 is 6.61 Å². The molecule has 0 bridgehead atoms. The maximum atomic E-state index is 12.2. The summed E-state index contributed by atoms with van der Waals surface area (Å²) in [5, 5.41) is 16.1. The van der Waals surface area contributed by atoms with Gasteiger partial charge in [0.2, 0.25) is 5.82 Å². The van der Waals surface area contributed by atoms with Gasteiger partial charge in [0.1, 0.15) is 12.4 Å². The number of rotatable bonds is 5. The molecule has 0 unspecified atom stereocenters. The van der Waals surface area contributed by atoms with Crippen LogP contribution in [0.3, 0.4) is 0 Å². The van der Waals surface area contributed by atoms with Gasteiger partial charge in [-0.2, -0.15) is 14.0 Å². The molecule has 6 nitrogen and oxygen atoms in total. The number of aromatic nitrogens is 3. The van der Waals surface area contributed by atoms with E-state index >= 15 is 0 Å². The Bertz CT molecular complexity index is 637. The van der Waals surface area contributed by atoms with E-state index in [4.69, 9.17) is 10.00 Å². The van der Waals surface area contributed by atoms with Crippen LogP contribution in [0.2, 0.25) is 0 Å². The van der Waals surface area contributed by atoms with Gasteiger partial charge in [0.25, 0.3) is 0 Å². The standard InChI is InChI=1S/C12H10F2N4O2/c1-19-10-4-8(2-3-9(10)20-12(13)14)6-18-7-16-17-11(18)5-15/h2-4,7,12H,6H2,1H3. The summed E-state index contributed by atoms with van der Waals surface area (Å²) >= 11 is 0. The molecule has 1 aromatic heterocycles. The molecule has 0 saturated carbocycles. The molecule has 0 aliphatic rings. The third-order valence-corrected chi connectivity index (χ3v) is 2.51. The van der Waals surface area contributed by atoms with Crippen LogP contribution in [0.15, 0.2) is 24.5 Å². The predicted molar refractivity (Wildman–Crippen MR) is 63.5 cm³/mol. The molecule has 0 atom stereocenters. The van der Waals surface area contributed by atoms with E-state index in [1.165, 1.54) is 24.1 Å². The van der Waals surface area contributed by atoms with Crippen molar-refractivity contribution in [1.82, 2.24) is 14.8 Å². The minimum absolute atomic E-state index is 0.0458. The topological polar surface area (TPSA) is 73.0 Å². The number of alkyl halides is 2. The van der Waals surface area contributed by atoms with Crippen molar-refractivity contribution in [2.45, 2.75) is 13.2 Å². The Morgan fingerprint density at radius 2 is 2.20 bits per heavy atom. The fraction of sp³-hybridized carbons (Fsp3) is 0.250. The quantitative estimate of drug-likeness (QED) is 0.835. The Morgan fingerprint density at radius 3 is 2.85 bits per heavy atom. The van der Waals surface area contributed by atoms with Gasteiger partial charge in [-0.1, -0.05) is 6.07 Å². The number of methoxy groups -OCH3 is 1. The van der Waals surface area contributed by atoms with Gasteiger partial charge in [0.15, 0.2) is 11.5 Å².